The maximum atomic E-state index is 9.33. The van der Waals surface area contributed by atoms with E-state index < -0.39 is 10.4 Å². The maximum absolute atomic E-state index is 9.33. The normalized spacial score (nSPS) is 10.3. The summed E-state index contributed by atoms with van der Waals surface area (Å²) in [5.74, 6) is 0.125. The smallest absolute Gasteiger partial charge is 0.368 e. The summed E-state index contributed by atoms with van der Waals surface area (Å²) < 4.78 is 29.7. The molecule has 1 heterocycles. The number of aromatic nitrogens is 3. The molecule has 10 nitrogen and oxygen atoms in total. The van der Waals surface area contributed by atoms with Gasteiger partial charge in [0.2, 0.25) is 17.8 Å². The molecule has 1 rings (SSSR count). The fourth-order valence-electron chi connectivity index (χ4n) is 0.427. The molecule has 0 fully saturated rings. The Bertz CT molecular complexity index is 369. The molecule has 0 aliphatic heterocycles. The summed E-state index contributed by atoms with van der Waals surface area (Å²) in [5, 5.41) is 0. The minimum atomic E-state index is -4.16. The van der Waals surface area contributed by atoms with Crippen LogP contribution < -0.4 is 17.2 Å². The van der Waals surface area contributed by atoms with Crippen LogP contribution in [0.15, 0.2) is 0 Å². The second kappa shape index (κ2) is 5.23. The summed E-state index contributed by atoms with van der Waals surface area (Å²) in [6.07, 6.45) is 0. The van der Waals surface area contributed by atoms with Gasteiger partial charge in [-0.15, -0.1) is 0 Å². The molecular formula is C4H10N6O4S. The van der Waals surface area contributed by atoms with E-state index >= 15 is 0 Å². The molecule has 0 saturated heterocycles. The molecule has 0 aromatic carbocycles. The third-order valence-corrected chi connectivity index (χ3v) is 1.32. The molecule has 0 aliphatic rings. The first kappa shape index (κ1) is 13.3. The van der Waals surface area contributed by atoms with Gasteiger partial charge in [-0.2, -0.15) is 23.4 Å². The van der Waals surface area contributed by atoms with Crippen LogP contribution in [0.5, 0.6) is 0 Å². The third kappa shape index (κ3) is 7.36. The van der Waals surface area contributed by atoms with E-state index in [0.717, 1.165) is 7.11 Å². The van der Waals surface area contributed by atoms with E-state index in [1.165, 1.54) is 0 Å². The van der Waals surface area contributed by atoms with Gasteiger partial charge in [0.1, 0.15) is 0 Å². The molecule has 0 amide bonds. The van der Waals surface area contributed by atoms with Crippen LogP contribution in [0.1, 0.15) is 0 Å². The number of hydrogen-bond donors (Lipinski definition) is 4. The summed E-state index contributed by atoms with van der Waals surface area (Å²) in [5.41, 5.74) is 15.4. The quantitative estimate of drug-likeness (QED) is 0.401. The van der Waals surface area contributed by atoms with Crippen molar-refractivity contribution in [1.82, 2.24) is 15.0 Å². The molecule has 0 aliphatic carbocycles. The van der Waals surface area contributed by atoms with Crippen molar-refractivity contribution >= 4 is 28.2 Å². The van der Waals surface area contributed by atoms with Crippen LogP contribution in [0.4, 0.5) is 17.8 Å². The van der Waals surface area contributed by atoms with Crippen molar-refractivity contribution in [2.45, 2.75) is 0 Å². The zero-order valence-electron chi connectivity index (χ0n) is 7.65. The number of anilines is 3. The maximum Gasteiger partial charge on any atom is 0.397 e. The lowest BCUT2D eigenvalue weighted by Crippen LogP contribution is -2.05. The first-order valence-corrected chi connectivity index (χ1v) is 4.66. The highest BCUT2D eigenvalue weighted by Gasteiger charge is 1.94. The summed E-state index contributed by atoms with van der Waals surface area (Å²) in [7, 11) is -3.29. The lowest BCUT2D eigenvalue weighted by molar-refractivity contribution is 0.324. The van der Waals surface area contributed by atoms with E-state index in [4.69, 9.17) is 21.8 Å². The van der Waals surface area contributed by atoms with Crippen LogP contribution in [0, 0.1) is 0 Å². The molecule has 11 heteroatoms. The van der Waals surface area contributed by atoms with Gasteiger partial charge in [0.15, 0.2) is 0 Å². The zero-order chi connectivity index (χ0) is 12.1. The molecule has 0 atom stereocenters. The van der Waals surface area contributed by atoms with Gasteiger partial charge >= 0.3 is 10.4 Å². The average Bonchev–Trinajstić information content (AvgIpc) is 2.01. The van der Waals surface area contributed by atoms with Crippen molar-refractivity contribution in [3.63, 3.8) is 0 Å². The van der Waals surface area contributed by atoms with Gasteiger partial charge in [-0.05, 0) is 0 Å². The Morgan fingerprint density at radius 3 is 1.40 bits per heavy atom. The molecule has 7 N–H and O–H groups in total. The fraction of sp³-hybridized carbons (Fsp3) is 0.250. The molecule has 0 unspecified atom stereocenters. The predicted molar refractivity (Wildman–Crippen MR) is 51.6 cm³/mol. The molecule has 0 bridgehead atoms. The Balaban J connectivity index is 0.000000288. The van der Waals surface area contributed by atoms with Crippen LogP contribution >= 0.6 is 0 Å². The molecule has 86 valence electrons. The monoisotopic (exact) mass is 238 g/mol. The Morgan fingerprint density at radius 1 is 1.07 bits per heavy atom. The first-order chi connectivity index (χ1) is 6.74. The molecule has 0 radical (unpaired) electrons. The minimum Gasteiger partial charge on any atom is -0.368 e. The topological polar surface area (TPSA) is 180 Å². The van der Waals surface area contributed by atoms with Gasteiger partial charge in [0.05, 0.1) is 7.11 Å². The Hall–Kier alpha value is -1.72. The molecular weight excluding hydrogens is 228 g/mol. The lowest BCUT2D eigenvalue weighted by atomic mass is 10.9. The highest BCUT2D eigenvalue weighted by molar-refractivity contribution is 7.80. The number of hydrogen-bond acceptors (Lipinski definition) is 9. The van der Waals surface area contributed by atoms with Crippen LogP contribution in [0.3, 0.4) is 0 Å². The molecule has 0 saturated carbocycles. The highest BCUT2D eigenvalue weighted by Crippen LogP contribution is 1.97. The third-order valence-electron chi connectivity index (χ3n) is 0.898. The van der Waals surface area contributed by atoms with Gasteiger partial charge in [-0.25, -0.2) is 0 Å². The largest absolute Gasteiger partial charge is 0.397 e. The first-order valence-electron chi connectivity index (χ1n) is 3.30. The number of nitrogen functional groups attached to an aromatic ring is 3. The second-order valence-electron chi connectivity index (χ2n) is 2.00. The van der Waals surface area contributed by atoms with Gasteiger partial charge in [0, 0.05) is 0 Å². The van der Waals surface area contributed by atoms with E-state index in [1.54, 1.807) is 0 Å². The van der Waals surface area contributed by atoms with Gasteiger partial charge in [-0.3, -0.25) is 8.74 Å². The SMILES string of the molecule is COS(=O)(=O)O.Nc1nc(N)nc(N)n1. The van der Waals surface area contributed by atoms with Crippen molar-refractivity contribution < 1.29 is 17.2 Å². The van der Waals surface area contributed by atoms with Gasteiger partial charge in [0.25, 0.3) is 0 Å². The zero-order valence-corrected chi connectivity index (χ0v) is 8.47. The van der Waals surface area contributed by atoms with Crippen LogP contribution in [0.2, 0.25) is 0 Å². The van der Waals surface area contributed by atoms with Crippen molar-refractivity contribution in [2.75, 3.05) is 24.3 Å². The number of rotatable bonds is 1. The van der Waals surface area contributed by atoms with Crippen LogP contribution in [-0.4, -0.2) is 35.0 Å². The van der Waals surface area contributed by atoms with Crippen molar-refractivity contribution in [2.24, 2.45) is 0 Å². The number of nitrogens with zero attached hydrogens (tertiary/aromatic N) is 3. The van der Waals surface area contributed by atoms with Gasteiger partial charge in [-0.1, -0.05) is 0 Å². The van der Waals surface area contributed by atoms with E-state index in [9.17, 15) is 8.42 Å². The average molecular weight is 238 g/mol. The van der Waals surface area contributed by atoms with E-state index in [2.05, 4.69) is 19.1 Å². The fourth-order valence-corrected chi connectivity index (χ4v) is 0.427. The van der Waals surface area contributed by atoms with Crippen LogP contribution in [-0.2, 0) is 14.6 Å². The summed E-state index contributed by atoms with van der Waals surface area (Å²) in [6, 6.07) is 0. The number of nitrogens with two attached hydrogens (primary N) is 3. The summed E-state index contributed by atoms with van der Waals surface area (Å²) >= 11 is 0. The van der Waals surface area contributed by atoms with E-state index in [1.807, 2.05) is 0 Å². The Kier molecular flexibility index (Phi) is 4.63. The van der Waals surface area contributed by atoms with Crippen molar-refractivity contribution in [3.05, 3.63) is 0 Å². The second-order valence-corrected chi connectivity index (χ2v) is 3.19. The lowest BCUT2D eigenvalue weighted by Gasteiger charge is -1.93. The molecule has 15 heavy (non-hydrogen) atoms. The van der Waals surface area contributed by atoms with Crippen molar-refractivity contribution in [1.29, 1.82) is 0 Å². The standard InChI is InChI=1S/C3H6N6.CH4O4S/c4-1-7-2(5)9-3(6)8-1;1-5-6(2,3)4/h(H6,4,5,6,7,8,9);1H3,(H,2,3,4). The predicted octanol–water partition coefficient (Wildman–Crippen LogP) is -1.95. The Labute approximate surface area is 85.4 Å². The minimum absolute atomic E-state index is 0.0417. The Morgan fingerprint density at radius 2 is 1.27 bits per heavy atom. The molecule has 1 aromatic rings. The molecule has 0 spiro atoms. The highest BCUT2D eigenvalue weighted by atomic mass is 32.3. The van der Waals surface area contributed by atoms with Crippen molar-refractivity contribution in [3.8, 4) is 0 Å². The molecule has 1 aromatic heterocycles. The van der Waals surface area contributed by atoms with Gasteiger partial charge < -0.3 is 17.2 Å². The summed E-state index contributed by atoms with van der Waals surface area (Å²) in [6.45, 7) is 0. The van der Waals surface area contributed by atoms with Crippen LogP contribution in [0.25, 0.3) is 0 Å². The summed E-state index contributed by atoms with van der Waals surface area (Å²) in [4.78, 5) is 10.5. The van der Waals surface area contributed by atoms with E-state index in [-0.39, 0.29) is 17.8 Å². The van der Waals surface area contributed by atoms with E-state index in [0.29, 0.717) is 0 Å².